The molecule has 0 aliphatic carbocycles. The Bertz CT molecular complexity index is 97.8. The Morgan fingerprint density at radius 2 is 1.82 bits per heavy atom. The molecule has 68 valence electrons. The van der Waals surface area contributed by atoms with E-state index in [1.54, 1.807) is 0 Å². The van der Waals surface area contributed by atoms with Gasteiger partial charge in [0, 0.05) is 13.2 Å². The molecule has 0 heterocycles. The fourth-order valence-electron chi connectivity index (χ4n) is 0.656. The van der Waals surface area contributed by atoms with E-state index in [2.05, 4.69) is 0 Å². The summed E-state index contributed by atoms with van der Waals surface area (Å²) < 4.78 is 16.2. The molecule has 11 heavy (non-hydrogen) atoms. The predicted octanol–water partition coefficient (Wildman–Crippen LogP) is 0.777. The fourth-order valence-corrected chi connectivity index (χ4v) is 3.32. The van der Waals surface area contributed by atoms with Gasteiger partial charge in [0.25, 0.3) is 10.0 Å². The first-order valence-electron chi connectivity index (χ1n) is 3.98. The smallest absolute Gasteiger partial charge is 0.322 e. The van der Waals surface area contributed by atoms with Gasteiger partial charge in [0.1, 0.15) is 0 Å². The van der Waals surface area contributed by atoms with E-state index >= 15 is 0 Å². The number of hydrogen-bond donors (Lipinski definition) is 0. The van der Waals surface area contributed by atoms with Crippen molar-refractivity contribution in [2.45, 2.75) is 26.9 Å². The standard InChI is InChI=1S/C6H18O3Si2/c1-5-7-10-9-11(3,4)8-6-2/h5-6,10H2,1-4H3. The second-order valence-corrected chi connectivity index (χ2v) is 7.47. The van der Waals surface area contributed by atoms with Gasteiger partial charge >= 0.3 is 8.56 Å². The lowest BCUT2D eigenvalue weighted by molar-refractivity contribution is 0.235. The third kappa shape index (κ3) is 6.70. The van der Waals surface area contributed by atoms with Gasteiger partial charge in [-0.05, 0) is 26.9 Å². The first kappa shape index (κ1) is 11.3. The van der Waals surface area contributed by atoms with Crippen LogP contribution in [-0.4, -0.2) is 31.8 Å². The summed E-state index contributed by atoms with van der Waals surface area (Å²) in [7, 11) is -2.58. The minimum absolute atomic E-state index is 0.736. The largest absolute Gasteiger partial charge is 0.419 e. The molecule has 0 bridgehead atoms. The Morgan fingerprint density at radius 3 is 2.27 bits per heavy atom. The second kappa shape index (κ2) is 5.90. The van der Waals surface area contributed by atoms with Gasteiger partial charge in [-0.25, -0.2) is 0 Å². The van der Waals surface area contributed by atoms with Gasteiger partial charge in [0.05, 0.1) is 0 Å². The molecule has 0 unspecified atom stereocenters. The maximum atomic E-state index is 5.54. The molecular weight excluding hydrogens is 176 g/mol. The summed E-state index contributed by atoms with van der Waals surface area (Å²) in [5.41, 5.74) is 0. The second-order valence-electron chi connectivity index (χ2n) is 2.59. The van der Waals surface area contributed by atoms with Gasteiger partial charge in [-0.3, -0.25) is 0 Å². The normalized spacial score (nSPS) is 13.1. The lowest BCUT2D eigenvalue weighted by Crippen LogP contribution is -2.36. The average Bonchev–Trinajstić information content (AvgIpc) is 1.87. The van der Waals surface area contributed by atoms with Gasteiger partial charge in [-0.2, -0.15) is 0 Å². The van der Waals surface area contributed by atoms with E-state index < -0.39 is 18.6 Å². The van der Waals surface area contributed by atoms with Gasteiger partial charge in [-0.15, -0.1) is 0 Å². The Kier molecular flexibility index (Phi) is 6.07. The molecule has 0 aromatic heterocycles. The van der Waals surface area contributed by atoms with Crippen LogP contribution in [0.15, 0.2) is 0 Å². The minimum Gasteiger partial charge on any atom is -0.419 e. The highest BCUT2D eigenvalue weighted by Gasteiger charge is 2.22. The molecular formula is C6H18O3Si2. The van der Waals surface area contributed by atoms with Crippen molar-refractivity contribution in [3.63, 3.8) is 0 Å². The molecule has 0 spiro atoms. The zero-order chi connectivity index (χ0) is 8.74. The van der Waals surface area contributed by atoms with Crippen LogP contribution in [0.4, 0.5) is 0 Å². The van der Waals surface area contributed by atoms with Crippen LogP contribution in [0.2, 0.25) is 13.1 Å². The van der Waals surface area contributed by atoms with Crippen molar-refractivity contribution in [1.82, 2.24) is 0 Å². The summed E-state index contributed by atoms with van der Waals surface area (Å²) in [6.07, 6.45) is 0. The first-order chi connectivity index (χ1) is 5.12. The molecule has 0 fully saturated rings. The van der Waals surface area contributed by atoms with E-state index in [9.17, 15) is 0 Å². The number of hydrogen-bond acceptors (Lipinski definition) is 3. The van der Waals surface area contributed by atoms with E-state index in [0.29, 0.717) is 0 Å². The number of rotatable bonds is 6. The van der Waals surface area contributed by atoms with Crippen molar-refractivity contribution < 1.29 is 13.0 Å². The van der Waals surface area contributed by atoms with Crippen molar-refractivity contribution >= 4 is 18.6 Å². The van der Waals surface area contributed by atoms with Crippen LogP contribution in [-0.2, 0) is 13.0 Å². The summed E-state index contributed by atoms with van der Waals surface area (Å²) in [5.74, 6) is 0. The summed E-state index contributed by atoms with van der Waals surface area (Å²) in [5, 5.41) is 0. The molecule has 0 aliphatic heterocycles. The van der Waals surface area contributed by atoms with Crippen LogP contribution in [0.3, 0.4) is 0 Å². The minimum atomic E-state index is -1.80. The molecule has 0 aliphatic rings. The Labute approximate surface area is 72.4 Å². The summed E-state index contributed by atoms with van der Waals surface area (Å²) >= 11 is 0. The van der Waals surface area contributed by atoms with Gasteiger partial charge < -0.3 is 13.0 Å². The highest BCUT2D eigenvalue weighted by Crippen LogP contribution is 2.04. The van der Waals surface area contributed by atoms with Crippen molar-refractivity contribution in [3.05, 3.63) is 0 Å². The quantitative estimate of drug-likeness (QED) is 0.462. The Balaban J connectivity index is 3.38. The van der Waals surface area contributed by atoms with E-state index in [1.165, 1.54) is 0 Å². The van der Waals surface area contributed by atoms with Crippen LogP contribution in [0.5, 0.6) is 0 Å². The zero-order valence-corrected chi connectivity index (χ0v) is 10.3. The SMILES string of the molecule is CCO[SiH2]O[Si](C)(C)OCC. The van der Waals surface area contributed by atoms with Gasteiger partial charge in [0.15, 0.2) is 0 Å². The predicted molar refractivity (Wildman–Crippen MR) is 50.4 cm³/mol. The monoisotopic (exact) mass is 194 g/mol. The molecule has 5 heteroatoms. The first-order valence-corrected chi connectivity index (χ1v) is 7.95. The van der Waals surface area contributed by atoms with Gasteiger partial charge in [-0.1, -0.05) is 0 Å². The zero-order valence-electron chi connectivity index (χ0n) is 7.85. The molecule has 3 nitrogen and oxygen atoms in total. The van der Waals surface area contributed by atoms with Crippen molar-refractivity contribution in [2.24, 2.45) is 0 Å². The van der Waals surface area contributed by atoms with Crippen LogP contribution >= 0.6 is 0 Å². The molecule has 0 rings (SSSR count). The van der Waals surface area contributed by atoms with Crippen LogP contribution in [0, 0.1) is 0 Å². The highest BCUT2D eigenvalue weighted by molar-refractivity contribution is 6.68. The third-order valence-corrected chi connectivity index (χ3v) is 6.00. The molecule has 0 aromatic carbocycles. The Hall–Kier alpha value is 0.314. The lowest BCUT2D eigenvalue weighted by atomic mass is 10.9. The molecule has 0 N–H and O–H groups in total. The van der Waals surface area contributed by atoms with E-state index in [4.69, 9.17) is 13.0 Å². The molecule has 0 radical (unpaired) electrons. The molecule has 0 amide bonds. The van der Waals surface area contributed by atoms with Crippen molar-refractivity contribution in [2.75, 3.05) is 13.2 Å². The van der Waals surface area contributed by atoms with Crippen LogP contribution < -0.4 is 0 Å². The maximum absolute atomic E-state index is 5.54. The van der Waals surface area contributed by atoms with Crippen LogP contribution in [0.25, 0.3) is 0 Å². The summed E-state index contributed by atoms with van der Waals surface area (Å²) in [6, 6.07) is 0. The van der Waals surface area contributed by atoms with Crippen molar-refractivity contribution in [1.29, 1.82) is 0 Å². The maximum Gasteiger partial charge on any atom is 0.322 e. The van der Waals surface area contributed by atoms with Gasteiger partial charge in [0.2, 0.25) is 0 Å². The summed E-state index contributed by atoms with van der Waals surface area (Å²) in [4.78, 5) is 0. The average molecular weight is 194 g/mol. The molecule has 0 saturated carbocycles. The topological polar surface area (TPSA) is 27.7 Å². The van der Waals surface area contributed by atoms with E-state index in [-0.39, 0.29) is 0 Å². The third-order valence-electron chi connectivity index (χ3n) is 1.19. The van der Waals surface area contributed by atoms with E-state index in [0.717, 1.165) is 13.2 Å². The fraction of sp³-hybridized carbons (Fsp3) is 1.00. The highest BCUT2D eigenvalue weighted by atomic mass is 28.4. The van der Waals surface area contributed by atoms with Crippen LogP contribution in [0.1, 0.15) is 13.8 Å². The van der Waals surface area contributed by atoms with E-state index in [1.807, 2.05) is 26.9 Å². The summed E-state index contributed by atoms with van der Waals surface area (Å²) in [6.45, 7) is 9.54. The Morgan fingerprint density at radius 1 is 1.18 bits per heavy atom. The lowest BCUT2D eigenvalue weighted by Gasteiger charge is -2.21. The van der Waals surface area contributed by atoms with Crippen molar-refractivity contribution in [3.8, 4) is 0 Å². The molecule has 0 aromatic rings. The molecule has 0 saturated heterocycles. The molecule has 0 atom stereocenters.